The van der Waals surface area contributed by atoms with Gasteiger partial charge in [0.1, 0.15) is 30.4 Å². The minimum Gasteiger partial charge on any atom is -0.489 e. The maximum absolute atomic E-state index is 12.9. The summed E-state index contributed by atoms with van der Waals surface area (Å²) in [4.78, 5) is 17.5. The van der Waals surface area contributed by atoms with Gasteiger partial charge in [-0.3, -0.25) is 4.79 Å². The second-order valence-electron chi connectivity index (χ2n) is 8.87. The Hall–Kier alpha value is -3.84. The number of fused-ring (bicyclic) bond motifs is 1. The number of imidazole rings is 1. The molecule has 1 N–H and O–H groups in total. The maximum Gasteiger partial charge on any atom is 0.255 e. The lowest BCUT2D eigenvalue weighted by atomic mass is 10.1. The quantitative estimate of drug-likeness (QED) is 0.375. The van der Waals surface area contributed by atoms with Crippen molar-refractivity contribution in [1.29, 1.82) is 0 Å². The van der Waals surface area contributed by atoms with Gasteiger partial charge in [-0.1, -0.05) is 12.1 Å². The Bertz CT molecular complexity index is 1320. The van der Waals surface area contributed by atoms with E-state index < -0.39 is 0 Å². The molecule has 0 radical (unpaired) electrons. The molecule has 3 heterocycles. The van der Waals surface area contributed by atoms with Crippen LogP contribution in [0, 0.1) is 13.8 Å². The average Bonchev–Trinajstić information content (AvgIpc) is 3.54. The molecular weight excluding hydrogens is 442 g/mol. The predicted octanol–water partition coefficient (Wildman–Crippen LogP) is 5.34. The van der Waals surface area contributed by atoms with Crippen molar-refractivity contribution in [2.24, 2.45) is 0 Å². The highest BCUT2D eigenvalue weighted by molar-refractivity contribution is 6.05. The van der Waals surface area contributed by atoms with Gasteiger partial charge in [0.2, 0.25) is 0 Å². The van der Waals surface area contributed by atoms with Crippen LogP contribution in [0.3, 0.4) is 0 Å². The third-order valence-electron chi connectivity index (χ3n) is 6.07. The molecule has 35 heavy (non-hydrogen) atoms. The number of carbonyl (C=O) groups is 1. The summed E-state index contributed by atoms with van der Waals surface area (Å²) in [5.74, 6) is 1.11. The molecule has 7 nitrogen and oxygen atoms in total. The highest BCUT2D eigenvalue weighted by Crippen LogP contribution is 2.28. The van der Waals surface area contributed by atoms with Gasteiger partial charge in [-0.05, 0) is 80.3 Å². The Balaban J connectivity index is 1.20. The van der Waals surface area contributed by atoms with Gasteiger partial charge in [-0.25, -0.2) is 4.98 Å². The van der Waals surface area contributed by atoms with Gasteiger partial charge in [0.05, 0.1) is 17.5 Å². The summed E-state index contributed by atoms with van der Waals surface area (Å²) < 4.78 is 19.5. The average molecular weight is 472 g/mol. The number of carbonyl (C=O) groups excluding carboxylic acids is 1. The van der Waals surface area contributed by atoms with Crippen molar-refractivity contribution >= 4 is 17.2 Å². The van der Waals surface area contributed by atoms with Crippen LogP contribution in [0.15, 0.2) is 67.0 Å². The van der Waals surface area contributed by atoms with Gasteiger partial charge in [-0.15, -0.1) is 0 Å². The number of nitrogens with zero attached hydrogens (tertiary/aromatic N) is 2. The molecule has 0 spiro atoms. The molecule has 0 bridgehead atoms. The lowest BCUT2D eigenvalue weighted by molar-refractivity contribution is 0.0681. The summed E-state index contributed by atoms with van der Waals surface area (Å²) >= 11 is 0. The smallest absolute Gasteiger partial charge is 0.255 e. The number of ether oxygens (including phenoxy) is 3. The molecule has 1 saturated heterocycles. The van der Waals surface area contributed by atoms with Crippen LogP contribution >= 0.6 is 0 Å². The van der Waals surface area contributed by atoms with Gasteiger partial charge in [-0.2, -0.15) is 0 Å². The molecule has 4 aromatic rings. The molecule has 0 saturated carbocycles. The first-order chi connectivity index (χ1) is 17.0. The Morgan fingerprint density at radius 1 is 1.14 bits per heavy atom. The second-order valence-corrected chi connectivity index (χ2v) is 8.87. The van der Waals surface area contributed by atoms with Crippen LogP contribution in [0.25, 0.3) is 5.65 Å². The summed E-state index contributed by atoms with van der Waals surface area (Å²) in [6.45, 7) is 5.64. The number of anilines is 1. The van der Waals surface area contributed by atoms with Gasteiger partial charge < -0.3 is 23.9 Å². The fourth-order valence-corrected chi connectivity index (χ4v) is 4.14. The maximum atomic E-state index is 12.9. The van der Waals surface area contributed by atoms with E-state index >= 15 is 0 Å². The number of nitrogens with one attached hydrogen (secondary N) is 1. The lowest BCUT2D eigenvalue weighted by Gasteiger charge is -2.16. The molecule has 180 valence electrons. The number of hydrogen-bond donors (Lipinski definition) is 1. The Labute approximate surface area is 204 Å². The third-order valence-corrected chi connectivity index (χ3v) is 6.07. The van der Waals surface area contributed by atoms with Crippen molar-refractivity contribution in [2.45, 2.75) is 39.4 Å². The van der Waals surface area contributed by atoms with E-state index in [4.69, 9.17) is 14.2 Å². The number of aromatic nitrogens is 2. The molecule has 5 rings (SSSR count). The zero-order valence-corrected chi connectivity index (χ0v) is 20.0. The van der Waals surface area contributed by atoms with Crippen LogP contribution in [-0.4, -0.2) is 34.6 Å². The highest BCUT2D eigenvalue weighted by Gasteiger charge is 2.18. The molecule has 1 aliphatic rings. The summed E-state index contributed by atoms with van der Waals surface area (Å²) in [6, 6.07) is 16.9. The van der Waals surface area contributed by atoms with Crippen molar-refractivity contribution in [3.63, 3.8) is 0 Å². The third kappa shape index (κ3) is 5.46. The van der Waals surface area contributed by atoms with Crippen LogP contribution in [0.1, 0.15) is 40.0 Å². The van der Waals surface area contributed by atoms with Gasteiger partial charge in [0, 0.05) is 24.6 Å². The molecular formula is C28H29N3O4. The van der Waals surface area contributed by atoms with E-state index in [0.29, 0.717) is 36.0 Å². The van der Waals surface area contributed by atoms with Crippen molar-refractivity contribution < 1.29 is 19.0 Å². The van der Waals surface area contributed by atoms with E-state index in [-0.39, 0.29) is 12.0 Å². The van der Waals surface area contributed by atoms with Crippen molar-refractivity contribution in [1.82, 2.24) is 9.38 Å². The van der Waals surface area contributed by atoms with Crippen LogP contribution in [0.4, 0.5) is 5.69 Å². The molecule has 7 heteroatoms. The van der Waals surface area contributed by atoms with E-state index in [1.54, 1.807) is 24.3 Å². The fourth-order valence-electron chi connectivity index (χ4n) is 4.14. The Morgan fingerprint density at radius 3 is 2.77 bits per heavy atom. The first-order valence-corrected chi connectivity index (χ1v) is 11.9. The number of amides is 1. The molecule has 2 aromatic heterocycles. The monoisotopic (exact) mass is 471 g/mol. The summed E-state index contributed by atoms with van der Waals surface area (Å²) in [5, 5.41) is 2.97. The summed E-state index contributed by atoms with van der Waals surface area (Å²) in [5.41, 5.74) is 5.12. The first-order valence-electron chi connectivity index (χ1n) is 11.9. The minimum absolute atomic E-state index is 0.108. The highest BCUT2D eigenvalue weighted by atomic mass is 16.5. The fraction of sp³-hybridized carbons (Fsp3) is 0.286. The number of pyridine rings is 1. The Morgan fingerprint density at radius 2 is 2.00 bits per heavy atom. The van der Waals surface area contributed by atoms with Crippen LogP contribution in [0.5, 0.6) is 11.5 Å². The van der Waals surface area contributed by atoms with E-state index in [2.05, 4.69) is 10.3 Å². The topological polar surface area (TPSA) is 74.1 Å². The van der Waals surface area contributed by atoms with Crippen molar-refractivity contribution in [2.75, 3.05) is 18.5 Å². The molecule has 1 fully saturated rings. The predicted molar refractivity (Wildman–Crippen MR) is 134 cm³/mol. The van der Waals surface area contributed by atoms with E-state index in [9.17, 15) is 4.79 Å². The SMILES string of the molecule is Cc1ccc(NC(=O)c2ccc(OCc3cn4cccc(C)c4n3)cc2)c(OCC2CCCO2)c1. The van der Waals surface area contributed by atoms with Gasteiger partial charge >= 0.3 is 0 Å². The van der Waals surface area contributed by atoms with Crippen LogP contribution < -0.4 is 14.8 Å². The Kier molecular flexibility index (Phi) is 6.68. The number of rotatable bonds is 8. The van der Waals surface area contributed by atoms with Gasteiger partial charge in [0.15, 0.2) is 0 Å². The van der Waals surface area contributed by atoms with Crippen molar-refractivity contribution in [3.8, 4) is 11.5 Å². The molecule has 1 atom stereocenters. The summed E-state index contributed by atoms with van der Waals surface area (Å²) in [7, 11) is 0. The molecule has 1 amide bonds. The number of hydrogen-bond acceptors (Lipinski definition) is 5. The van der Waals surface area contributed by atoms with Gasteiger partial charge in [0.25, 0.3) is 5.91 Å². The molecule has 1 aliphatic heterocycles. The molecule has 1 unspecified atom stereocenters. The zero-order chi connectivity index (χ0) is 24.2. The van der Waals surface area contributed by atoms with E-state index in [1.165, 1.54) is 0 Å². The lowest BCUT2D eigenvalue weighted by Crippen LogP contribution is -2.18. The zero-order valence-electron chi connectivity index (χ0n) is 20.0. The van der Waals surface area contributed by atoms with Crippen LogP contribution in [-0.2, 0) is 11.3 Å². The normalized spacial score (nSPS) is 15.3. The van der Waals surface area contributed by atoms with E-state index in [1.807, 2.05) is 61.0 Å². The minimum atomic E-state index is -0.210. The molecule has 2 aromatic carbocycles. The van der Waals surface area contributed by atoms with Crippen LogP contribution in [0.2, 0.25) is 0 Å². The second kappa shape index (κ2) is 10.2. The number of aryl methyl sites for hydroxylation is 2. The standard InChI is InChI=1S/C28H29N3O4/c1-19-7-12-25(26(15-19)35-18-24-6-4-14-33-24)30-28(32)21-8-10-23(11-9-21)34-17-22-16-31-13-3-5-20(2)27(31)29-22/h3,5,7-13,15-16,24H,4,6,14,17-18H2,1-2H3,(H,30,32). The van der Waals surface area contributed by atoms with Crippen molar-refractivity contribution in [3.05, 3.63) is 89.4 Å². The number of benzene rings is 2. The van der Waals surface area contributed by atoms with E-state index in [0.717, 1.165) is 41.9 Å². The first kappa shape index (κ1) is 22.9. The summed E-state index contributed by atoms with van der Waals surface area (Å²) in [6.07, 6.45) is 6.10. The molecule has 0 aliphatic carbocycles. The largest absolute Gasteiger partial charge is 0.489 e.